The maximum atomic E-state index is 4.92. The first-order valence-electron chi connectivity index (χ1n) is 14.6. The summed E-state index contributed by atoms with van der Waals surface area (Å²) in [7, 11) is 0. The van der Waals surface area contributed by atoms with Crippen molar-refractivity contribution >= 4 is 21.7 Å². The molecule has 2 aromatic heterocycles. The van der Waals surface area contributed by atoms with E-state index in [1.165, 1.54) is 11.1 Å². The van der Waals surface area contributed by atoms with Crippen molar-refractivity contribution in [1.82, 2.24) is 19.9 Å². The highest BCUT2D eigenvalue weighted by atomic mass is 15.0. The van der Waals surface area contributed by atoms with Crippen molar-refractivity contribution < 1.29 is 0 Å². The quantitative estimate of drug-likeness (QED) is 0.209. The maximum absolute atomic E-state index is 4.92. The van der Waals surface area contributed by atoms with Crippen LogP contribution in [0.5, 0.6) is 0 Å². The van der Waals surface area contributed by atoms with Crippen molar-refractivity contribution in [1.29, 1.82) is 0 Å². The Hall–Kier alpha value is -6.00. The highest BCUT2D eigenvalue weighted by Crippen LogP contribution is 2.32. The molecule has 6 aromatic carbocycles. The van der Waals surface area contributed by atoms with E-state index in [0.717, 1.165) is 49.5 Å². The van der Waals surface area contributed by atoms with E-state index in [9.17, 15) is 0 Å². The lowest BCUT2D eigenvalue weighted by molar-refractivity contribution is 1.07. The molecule has 0 fully saturated rings. The van der Waals surface area contributed by atoms with Crippen LogP contribution in [0.25, 0.3) is 78.1 Å². The lowest BCUT2D eigenvalue weighted by Crippen LogP contribution is -2.00. The van der Waals surface area contributed by atoms with Gasteiger partial charge in [0.1, 0.15) is 0 Å². The van der Waals surface area contributed by atoms with Crippen LogP contribution in [0.15, 0.2) is 158 Å². The lowest BCUT2D eigenvalue weighted by Gasteiger charge is -2.10. The van der Waals surface area contributed by atoms with Gasteiger partial charge in [0.05, 0.1) is 5.52 Å². The van der Waals surface area contributed by atoms with E-state index in [4.69, 9.17) is 15.0 Å². The smallest absolute Gasteiger partial charge is 0.164 e. The van der Waals surface area contributed by atoms with Gasteiger partial charge in [0.15, 0.2) is 17.5 Å². The van der Waals surface area contributed by atoms with Gasteiger partial charge in [-0.2, -0.15) is 0 Å². The number of para-hydroxylation sites is 1. The molecule has 0 aliphatic carbocycles. The second kappa shape index (κ2) is 11.0. The minimum Gasteiger partial charge on any atom is -0.256 e. The van der Waals surface area contributed by atoms with Crippen LogP contribution in [0.1, 0.15) is 0 Å². The topological polar surface area (TPSA) is 51.6 Å². The molecule has 4 nitrogen and oxygen atoms in total. The molecule has 0 radical (unpaired) electrons. The van der Waals surface area contributed by atoms with E-state index in [-0.39, 0.29) is 0 Å². The minimum atomic E-state index is 0.652. The first kappa shape index (κ1) is 25.7. The Morgan fingerprint density at radius 3 is 1.55 bits per heavy atom. The van der Waals surface area contributed by atoms with E-state index in [2.05, 4.69) is 89.9 Å². The highest BCUT2D eigenvalue weighted by molar-refractivity contribution is 5.95. The van der Waals surface area contributed by atoms with Crippen molar-refractivity contribution in [3.63, 3.8) is 0 Å². The van der Waals surface area contributed by atoms with Gasteiger partial charge in [-0.05, 0) is 57.3 Å². The zero-order chi connectivity index (χ0) is 29.3. The number of pyridine rings is 1. The summed E-state index contributed by atoms with van der Waals surface area (Å²) in [5, 5.41) is 3.45. The molecule has 8 aromatic rings. The Morgan fingerprint density at radius 1 is 0.341 bits per heavy atom. The summed E-state index contributed by atoms with van der Waals surface area (Å²) < 4.78 is 0. The van der Waals surface area contributed by atoms with Crippen LogP contribution in [0.2, 0.25) is 0 Å². The molecule has 8 rings (SSSR count). The van der Waals surface area contributed by atoms with Gasteiger partial charge in [-0.25, -0.2) is 15.0 Å². The largest absolute Gasteiger partial charge is 0.256 e. The molecule has 0 saturated heterocycles. The third-order valence-corrected chi connectivity index (χ3v) is 7.98. The van der Waals surface area contributed by atoms with Crippen LogP contribution in [-0.2, 0) is 0 Å². The van der Waals surface area contributed by atoms with E-state index >= 15 is 0 Å². The second-order valence-corrected chi connectivity index (χ2v) is 10.8. The molecule has 4 heteroatoms. The predicted molar refractivity (Wildman–Crippen MR) is 180 cm³/mol. The fraction of sp³-hybridized carbons (Fsp3) is 0. The molecule has 0 unspecified atom stereocenters. The molecular weight excluding hydrogens is 536 g/mol. The van der Waals surface area contributed by atoms with Gasteiger partial charge in [0, 0.05) is 28.3 Å². The number of rotatable bonds is 5. The lowest BCUT2D eigenvalue weighted by atomic mass is 9.96. The Balaban J connectivity index is 1.18. The van der Waals surface area contributed by atoms with E-state index < -0.39 is 0 Å². The van der Waals surface area contributed by atoms with Crippen LogP contribution in [0, 0.1) is 0 Å². The SMILES string of the molecule is c1ccc(-c2nc(-c3ccccc3)nc(-c3ccc4ccc(-c5ccc(-c6ccnc7ccccc67)cc5)cc4c3)n2)cc1. The van der Waals surface area contributed by atoms with Crippen molar-refractivity contribution in [2.24, 2.45) is 0 Å². The Kier molecular flexibility index (Phi) is 6.43. The molecule has 0 atom stereocenters. The number of aromatic nitrogens is 4. The molecule has 0 amide bonds. The van der Waals surface area contributed by atoms with Crippen LogP contribution >= 0.6 is 0 Å². The summed E-state index contributed by atoms with van der Waals surface area (Å²) in [6.07, 6.45) is 1.88. The zero-order valence-electron chi connectivity index (χ0n) is 23.8. The summed E-state index contributed by atoms with van der Waals surface area (Å²) in [5.41, 5.74) is 8.56. The predicted octanol–water partition coefficient (Wildman–Crippen LogP) is 9.91. The Labute approximate surface area is 255 Å². The summed E-state index contributed by atoms with van der Waals surface area (Å²) in [6.45, 7) is 0. The highest BCUT2D eigenvalue weighted by Gasteiger charge is 2.13. The van der Waals surface area contributed by atoms with Crippen LogP contribution < -0.4 is 0 Å². The first-order chi connectivity index (χ1) is 21.8. The van der Waals surface area contributed by atoms with Gasteiger partial charge in [0.25, 0.3) is 0 Å². The third-order valence-electron chi connectivity index (χ3n) is 7.98. The summed E-state index contributed by atoms with van der Waals surface area (Å²) in [5.74, 6) is 1.97. The molecule has 0 spiro atoms. The number of hydrogen-bond donors (Lipinski definition) is 0. The molecule has 0 bridgehead atoms. The second-order valence-electron chi connectivity index (χ2n) is 10.8. The number of benzene rings is 6. The monoisotopic (exact) mass is 562 g/mol. The van der Waals surface area contributed by atoms with Crippen LogP contribution in [-0.4, -0.2) is 19.9 Å². The van der Waals surface area contributed by atoms with Gasteiger partial charge in [0.2, 0.25) is 0 Å². The zero-order valence-corrected chi connectivity index (χ0v) is 23.8. The van der Waals surface area contributed by atoms with E-state index in [0.29, 0.717) is 17.5 Å². The molecule has 0 aliphatic rings. The first-order valence-corrected chi connectivity index (χ1v) is 14.6. The molecular formula is C40H26N4. The van der Waals surface area contributed by atoms with Crippen LogP contribution in [0.3, 0.4) is 0 Å². The van der Waals surface area contributed by atoms with Crippen molar-refractivity contribution in [2.45, 2.75) is 0 Å². The Bertz CT molecular complexity index is 2200. The van der Waals surface area contributed by atoms with Crippen LogP contribution in [0.4, 0.5) is 0 Å². The Morgan fingerprint density at radius 2 is 0.864 bits per heavy atom. The maximum Gasteiger partial charge on any atom is 0.164 e. The number of nitrogens with zero attached hydrogens (tertiary/aromatic N) is 4. The normalized spacial score (nSPS) is 11.2. The standard InChI is InChI=1S/C40H26N4/c1-3-9-30(10-4-1)38-42-39(31-11-5-2-6-12-31)44-40(43-38)33-22-18-28-17-21-32(25-34(28)26-33)27-15-19-29(20-16-27)35-23-24-41-37-14-8-7-13-36(35)37/h1-26H. The summed E-state index contributed by atoms with van der Waals surface area (Å²) >= 11 is 0. The molecule has 2 heterocycles. The molecule has 0 N–H and O–H groups in total. The third kappa shape index (κ3) is 4.89. The molecule has 0 saturated carbocycles. The minimum absolute atomic E-state index is 0.652. The molecule has 0 aliphatic heterocycles. The molecule has 44 heavy (non-hydrogen) atoms. The van der Waals surface area contributed by atoms with Gasteiger partial charge in [-0.3, -0.25) is 4.98 Å². The van der Waals surface area contributed by atoms with Gasteiger partial charge < -0.3 is 0 Å². The average Bonchev–Trinajstić information content (AvgIpc) is 3.11. The fourth-order valence-electron chi connectivity index (χ4n) is 5.69. The van der Waals surface area contributed by atoms with E-state index in [1.54, 1.807) is 0 Å². The van der Waals surface area contributed by atoms with Crippen molar-refractivity contribution in [2.75, 3.05) is 0 Å². The number of hydrogen-bond acceptors (Lipinski definition) is 4. The summed E-state index contributed by atoms with van der Waals surface area (Å²) in [4.78, 5) is 19.2. The molecule has 206 valence electrons. The average molecular weight is 563 g/mol. The summed E-state index contributed by atoms with van der Waals surface area (Å²) in [6, 6.07) is 52.3. The van der Waals surface area contributed by atoms with Gasteiger partial charge in [-0.1, -0.05) is 127 Å². The van der Waals surface area contributed by atoms with Gasteiger partial charge >= 0.3 is 0 Å². The van der Waals surface area contributed by atoms with Crippen molar-refractivity contribution in [3.05, 3.63) is 158 Å². The van der Waals surface area contributed by atoms with E-state index in [1.807, 2.05) is 72.9 Å². The fourth-order valence-corrected chi connectivity index (χ4v) is 5.69. The number of fused-ring (bicyclic) bond motifs is 2. The van der Waals surface area contributed by atoms with Gasteiger partial charge in [-0.15, -0.1) is 0 Å². The van der Waals surface area contributed by atoms with Crippen molar-refractivity contribution in [3.8, 4) is 56.4 Å².